The standard InChI is InChI=1S/C26H21F3N2O4S.C24H18F3N3O3S/c1-3-35-25(32)23-16-31(24(30-23)21-9-4-5-10-22(21)26(27,28)29)19-13-11-17(12-14-19)18-7-6-8-20(15-18)36(2,33)34;1-34(32,33)18-6-4-5-16(13-18)15-9-11-17(12-10-15)30-14-21(22(28)31)29-23(30)19-7-2-3-8-20(19)24(25,26)27/h4-16H,3H2,1-2H3;2-14H,1H3,(H2,28,31). The Labute approximate surface area is 397 Å². The molecule has 0 aliphatic rings. The number of rotatable bonds is 11. The number of halogens is 6. The number of amides is 1. The van der Waals surface area contributed by atoms with Crippen molar-refractivity contribution >= 4 is 31.6 Å². The number of carbonyl (C=O) groups is 2. The van der Waals surface area contributed by atoms with Crippen LogP contribution in [0.15, 0.2) is 168 Å². The van der Waals surface area contributed by atoms with Crippen LogP contribution in [0.1, 0.15) is 39.0 Å². The smallest absolute Gasteiger partial charge is 0.417 e. The summed E-state index contributed by atoms with van der Waals surface area (Å²) in [7, 11) is -6.79. The van der Waals surface area contributed by atoms with Gasteiger partial charge in [-0.3, -0.25) is 13.9 Å². The number of sulfone groups is 2. The monoisotopic (exact) mass is 999 g/mol. The summed E-state index contributed by atoms with van der Waals surface area (Å²) in [5.74, 6) is -1.79. The molecule has 2 heterocycles. The van der Waals surface area contributed by atoms with Crippen LogP contribution in [0.3, 0.4) is 0 Å². The van der Waals surface area contributed by atoms with Gasteiger partial charge in [0.2, 0.25) is 0 Å². The predicted molar refractivity (Wildman–Crippen MR) is 250 cm³/mol. The van der Waals surface area contributed by atoms with Crippen molar-refractivity contribution < 1.29 is 57.5 Å². The molecule has 20 heteroatoms. The summed E-state index contributed by atoms with van der Waals surface area (Å²) in [5.41, 5.74) is 6.45. The number of nitrogens with two attached hydrogens (primary N) is 1. The molecule has 0 aliphatic heterocycles. The van der Waals surface area contributed by atoms with Crippen LogP contribution in [-0.4, -0.2) is 66.9 Å². The van der Waals surface area contributed by atoms with Crippen LogP contribution < -0.4 is 5.73 Å². The minimum Gasteiger partial charge on any atom is -0.461 e. The highest BCUT2D eigenvalue weighted by atomic mass is 32.2. The number of ether oxygens (including phenoxy) is 1. The van der Waals surface area contributed by atoms with Crippen LogP contribution in [0.5, 0.6) is 0 Å². The fraction of sp³-hybridized carbons (Fsp3) is 0.120. The molecule has 0 unspecified atom stereocenters. The summed E-state index contributed by atoms with van der Waals surface area (Å²) in [4.78, 5) is 32.7. The number of carbonyl (C=O) groups excluding carboxylic acids is 2. The second-order valence-electron chi connectivity index (χ2n) is 15.5. The molecule has 2 aromatic heterocycles. The van der Waals surface area contributed by atoms with Gasteiger partial charge in [-0.25, -0.2) is 31.6 Å². The van der Waals surface area contributed by atoms with Gasteiger partial charge >= 0.3 is 18.3 Å². The highest BCUT2D eigenvalue weighted by Gasteiger charge is 2.36. The van der Waals surface area contributed by atoms with E-state index in [0.717, 1.165) is 24.6 Å². The molecule has 8 rings (SSSR count). The molecular weight excluding hydrogens is 961 g/mol. The molecule has 6 aromatic carbocycles. The molecule has 360 valence electrons. The normalized spacial score (nSPS) is 12.0. The van der Waals surface area contributed by atoms with Crippen molar-refractivity contribution in [1.29, 1.82) is 0 Å². The van der Waals surface area contributed by atoms with Crippen LogP contribution in [0.4, 0.5) is 26.3 Å². The van der Waals surface area contributed by atoms with Crippen LogP contribution in [0.2, 0.25) is 0 Å². The molecule has 0 saturated carbocycles. The van der Waals surface area contributed by atoms with Gasteiger partial charge in [-0.1, -0.05) is 84.9 Å². The maximum absolute atomic E-state index is 13.7. The first-order valence-corrected chi connectivity index (χ1v) is 24.5. The molecule has 12 nitrogen and oxygen atoms in total. The summed E-state index contributed by atoms with van der Waals surface area (Å²) in [6.45, 7) is 1.70. The zero-order chi connectivity index (χ0) is 50.8. The van der Waals surface area contributed by atoms with E-state index in [1.807, 2.05) is 0 Å². The third-order valence-electron chi connectivity index (χ3n) is 10.6. The number of imidazole rings is 2. The first-order valence-electron chi connectivity index (χ1n) is 20.7. The number of alkyl halides is 6. The number of hydrogen-bond acceptors (Lipinski definition) is 9. The molecule has 0 aliphatic carbocycles. The Kier molecular flexibility index (Phi) is 14.0. The van der Waals surface area contributed by atoms with Gasteiger partial charge < -0.3 is 10.5 Å². The van der Waals surface area contributed by atoms with Crippen molar-refractivity contribution in [2.24, 2.45) is 5.73 Å². The van der Waals surface area contributed by atoms with Gasteiger partial charge in [-0.2, -0.15) is 26.3 Å². The van der Waals surface area contributed by atoms with E-state index in [-0.39, 0.29) is 50.6 Å². The fourth-order valence-corrected chi connectivity index (χ4v) is 8.58. The maximum atomic E-state index is 13.7. The molecule has 0 saturated heterocycles. The van der Waals surface area contributed by atoms with Crippen molar-refractivity contribution in [3.8, 4) is 56.4 Å². The van der Waals surface area contributed by atoms with Gasteiger partial charge in [0.25, 0.3) is 5.91 Å². The third kappa shape index (κ3) is 11.2. The van der Waals surface area contributed by atoms with Gasteiger partial charge in [0, 0.05) is 47.4 Å². The van der Waals surface area contributed by atoms with Crippen LogP contribution >= 0.6 is 0 Å². The number of esters is 1. The summed E-state index contributed by atoms with van der Waals surface area (Å²) in [6, 6.07) is 36.1. The second kappa shape index (κ2) is 19.6. The Bertz CT molecular complexity index is 3480. The summed E-state index contributed by atoms with van der Waals surface area (Å²) >= 11 is 0. The third-order valence-corrected chi connectivity index (χ3v) is 12.8. The number of benzene rings is 6. The zero-order valence-electron chi connectivity index (χ0n) is 37.0. The molecule has 0 spiro atoms. The van der Waals surface area contributed by atoms with Gasteiger partial charge in [0.15, 0.2) is 25.4 Å². The maximum Gasteiger partial charge on any atom is 0.417 e. The Morgan fingerprint density at radius 3 is 1.30 bits per heavy atom. The van der Waals surface area contributed by atoms with E-state index in [0.29, 0.717) is 33.6 Å². The predicted octanol–water partition coefficient (Wildman–Crippen LogP) is 10.5. The summed E-state index contributed by atoms with van der Waals surface area (Å²) in [5, 5.41) is 0. The lowest BCUT2D eigenvalue weighted by molar-refractivity contribution is -0.137. The van der Waals surface area contributed by atoms with Crippen molar-refractivity contribution in [3.05, 3.63) is 181 Å². The Hall–Kier alpha value is -7.84. The topological polar surface area (TPSA) is 173 Å². The second-order valence-corrected chi connectivity index (χ2v) is 19.5. The molecule has 8 aromatic rings. The zero-order valence-corrected chi connectivity index (χ0v) is 38.7. The minimum absolute atomic E-state index is 0.0715. The van der Waals surface area contributed by atoms with E-state index >= 15 is 0 Å². The minimum atomic E-state index is -4.63. The van der Waals surface area contributed by atoms with Crippen molar-refractivity contribution in [2.45, 2.75) is 29.1 Å². The lowest BCUT2D eigenvalue weighted by Gasteiger charge is -2.14. The molecule has 1 amide bonds. The molecular formula is C50H39F6N5O7S2. The SMILES string of the molecule is CCOC(=O)c1cn(-c2ccc(-c3cccc(S(C)(=O)=O)c3)cc2)c(-c2ccccc2C(F)(F)F)n1.CS(=O)(=O)c1cccc(-c2ccc(-n3cc(C(N)=O)nc3-c3ccccc3C(F)(F)F)cc2)c1. The number of primary amides is 1. The Morgan fingerprint density at radius 1 is 0.543 bits per heavy atom. The fourth-order valence-electron chi connectivity index (χ4n) is 7.25. The molecule has 0 radical (unpaired) electrons. The van der Waals surface area contributed by atoms with E-state index in [2.05, 4.69) is 9.97 Å². The van der Waals surface area contributed by atoms with E-state index in [9.17, 15) is 52.8 Å². The van der Waals surface area contributed by atoms with Gasteiger partial charge in [-0.05, 0) is 89.8 Å². The number of aromatic nitrogens is 4. The van der Waals surface area contributed by atoms with Crippen molar-refractivity contribution in [1.82, 2.24) is 19.1 Å². The molecule has 0 fully saturated rings. The van der Waals surface area contributed by atoms with E-state index in [1.165, 1.54) is 76.1 Å². The number of nitrogens with zero attached hydrogens (tertiary/aromatic N) is 4. The number of hydrogen-bond donors (Lipinski definition) is 1. The Morgan fingerprint density at radius 2 is 0.929 bits per heavy atom. The first kappa shape index (κ1) is 50.0. The highest BCUT2D eigenvalue weighted by molar-refractivity contribution is 7.91. The summed E-state index contributed by atoms with van der Waals surface area (Å²) in [6.07, 6.45) is -4.41. The average Bonchev–Trinajstić information content (AvgIpc) is 3.98. The Balaban J connectivity index is 0.000000207. The van der Waals surface area contributed by atoms with Gasteiger partial charge in [0.1, 0.15) is 17.3 Å². The van der Waals surface area contributed by atoms with E-state index < -0.39 is 55.0 Å². The van der Waals surface area contributed by atoms with E-state index in [4.69, 9.17) is 10.5 Å². The van der Waals surface area contributed by atoms with Crippen LogP contribution in [0, 0.1) is 0 Å². The average molecular weight is 1000 g/mol. The van der Waals surface area contributed by atoms with E-state index in [1.54, 1.807) is 85.8 Å². The molecule has 2 N–H and O–H groups in total. The van der Waals surface area contributed by atoms with Gasteiger partial charge in [-0.15, -0.1) is 0 Å². The molecule has 0 bridgehead atoms. The lowest BCUT2D eigenvalue weighted by atomic mass is 10.0. The van der Waals surface area contributed by atoms with Crippen molar-refractivity contribution in [2.75, 3.05) is 19.1 Å². The molecule has 70 heavy (non-hydrogen) atoms. The summed E-state index contributed by atoms with van der Waals surface area (Å²) < 4.78 is 137. The van der Waals surface area contributed by atoms with Gasteiger partial charge in [0.05, 0.1) is 27.5 Å². The quantitative estimate of drug-likeness (QED) is 0.0977. The molecule has 0 atom stereocenters. The lowest BCUT2D eigenvalue weighted by Crippen LogP contribution is -2.11. The van der Waals surface area contributed by atoms with Crippen LogP contribution in [0.25, 0.3) is 56.4 Å². The highest BCUT2D eigenvalue weighted by Crippen LogP contribution is 2.39. The van der Waals surface area contributed by atoms with Crippen LogP contribution in [-0.2, 0) is 36.8 Å². The van der Waals surface area contributed by atoms with Crippen molar-refractivity contribution in [3.63, 3.8) is 0 Å². The largest absolute Gasteiger partial charge is 0.461 e. The first-order chi connectivity index (χ1) is 32.9.